The van der Waals surface area contributed by atoms with Crippen LogP contribution in [0.15, 0.2) is 36.4 Å². The van der Waals surface area contributed by atoms with Crippen LogP contribution in [0.25, 0.3) is 22.2 Å². The molecule has 1 N–H and O–H groups in total. The van der Waals surface area contributed by atoms with Crippen LogP contribution in [-0.4, -0.2) is 22.2 Å². The summed E-state index contributed by atoms with van der Waals surface area (Å²) in [6.07, 6.45) is 2.00. The van der Waals surface area contributed by atoms with E-state index in [-0.39, 0.29) is 0 Å². The predicted octanol–water partition coefficient (Wildman–Crippen LogP) is 2.85. The van der Waals surface area contributed by atoms with Gasteiger partial charge in [-0.1, -0.05) is 18.2 Å². The second-order valence-corrected chi connectivity index (χ2v) is 4.61. The zero-order valence-electron chi connectivity index (χ0n) is 11.3. The normalized spacial score (nSPS) is 10.4. The van der Waals surface area contributed by atoms with Gasteiger partial charge in [-0.3, -0.25) is 4.90 Å². The van der Waals surface area contributed by atoms with Crippen molar-refractivity contribution in [3.05, 3.63) is 42.1 Å². The molecule has 0 saturated carbocycles. The van der Waals surface area contributed by atoms with Crippen LogP contribution in [0.1, 0.15) is 5.69 Å². The van der Waals surface area contributed by atoms with E-state index < -0.39 is 0 Å². The van der Waals surface area contributed by atoms with Gasteiger partial charge in [0, 0.05) is 29.2 Å². The van der Waals surface area contributed by atoms with Gasteiger partial charge in [0.15, 0.2) is 12.0 Å². The number of para-hydroxylation sites is 1. The molecule has 0 saturated heterocycles. The fourth-order valence-electron chi connectivity index (χ4n) is 2.30. The van der Waals surface area contributed by atoms with Crippen LogP contribution in [0.2, 0.25) is 0 Å². The molecule has 0 unspecified atom stereocenters. The predicted molar refractivity (Wildman–Crippen MR) is 78.1 cm³/mol. The van der Waals surface area contributed by atoms with Crippen molar-refractivity contribution >= 4 is 16.7 Å². The Kier molecular flexibility index (Phi) is 2.84. The molecule has 0 amide bonds. The van der Waals surface area contributed by atoms with Gasteiger partial charge in [-0.05, 0) is 25.1 Å². The summed E-state index contributed by atoms with van der Waals surface area (Å²) in [4.78, 5) is 4.72. The lowest BCUT2D eigenvalue weighted by molar-refractivity contribution is 0.993. The summed E-state index contributed by atoms with van der Waals surface area (Å²) in [6.45, 7) is 2.02. The number of hydrogen-bond acceptors (Lipinski definition) is 4. The number of aromatic nitrogens is 3. The van der Waals surface area contributed by atoms with Gasteiger partial charge in [-0.25, -0.2) is 0 Å². The maximum Gasteiger partial charge on any atom is 0.185 e. The number of nitrogens with zero attached hydrogens (tertiary/aromatic N) is 4. The monoisotopic (exact) mass is 263 g/mol. The number of aromatic amines is 1. The van der Waals surface area contributed by atoms with Gasteiger partial charge in [-0.2, -0.15) is 5.26 Å². The van der Waals surface area contributed by atoms with Crippen molar-refractivity contribution in [1.29, 1.82) is 5.26 Å². The van der Waals surface area contributed by atoms with Gasteiger partial charge in [0.2, 0.25) is 0 Å². The minimum absolute atomic E-state index is 0.536. The fraction of sp³-hybridized carbons (Fsp3) is 0.133. The third-order valence-electron chi connectivity index (χ3n) is 3.29. The number of nitrogens with one attached hydrogen (secondary N) is 1. The molecule has 0 bridgehead atoms. The molecule has 0 aliphatic carbocycles. The van der Waals surface area contributed by atoms with Gasteiger partial charge < -0.3 is 4.98 Å². The maximum atomic E-state index is 8.83. The molecular formula is C15H13N5. The number of H-pyrrole nitrogens is 1. The molecule has 2 heterocycles. The number of benzene rings is 1. The number of anilines is 1. The second-order valence-electron chi connectivity index (χ2n) is 4.61. The second kappa shape index (κ2) is 4.67. The number of nitriles is 1. The Balaban J connectivity index is 2.12. The first-order chi connectivity index (χ1) is 9.70. The van der Waals surface area contributed by atoms with E-state index in [9.17, 15) is 0 Å². The van der Waals surface area contributed by atoms with E-state index in [1.807, 2.05) is 37.4 Å². The topological polar surface area (TPSA) is 68.6 Å². The Labute approximate surface area is 116 Å². The van der Waals surface area contributed by atoms with E-state index in [1.165, 1.54) is 4.90 Å². The van der Waals surface area contributed by atoms with Gasteiger partial charge in [0.25, 0.3) is 0 Å². The van der Waals surface area contributed by atoms with Crippen LogP contribution in [0.4, 0.5) is 5.82 Å². The number of aryl methyl sites for hydroxylation is 1. The molecule has 0 spiro atoms. The summed E-state index contributed by atoms with van der Waals surface area (Å²) < 4.78 is 0. The van der Waals surface area contributed by atoms with Crippen LogP contribution >= 0.6 is 0 Å². The first-order valence-corrected chi connectivity index (χ1v) is 6.25. The van der Waals surface area contributed by atoms with E-state index in [0.717, 1.165) is 27.9 Å². The van der Waals surface area contributed by atoms with E-state index >= 15 is 0 Å². The van der Waals surface area contributed by atoms with E-state index in [0.29, 0.717) is 5.82 Å². The first-order valence-electron chi connectivity index (χ1n) is 6.25. The van der Waals surface area contributed by atoms with Crippen molar-refractivity contribution in [2.75, 3.05) is 11.9 Å². The molecule has 3 aromatic rings. The number of fused-ring (bicyclic) bond motifs is 1. The summed E-state index contributed by atoms with van der Waals surface area (Å²) in [5.41, 5.74) is 4.00. The quantitative estimate of drug-likeness (QED) is 0.570. The van der Waals surface area contributed by atoms with Crippen molar-refractivity contribution < 1.29 is 0 Å². The summed E-state index contributed by atoms with van der Waals surface area (Å²) in [5, 5.41) is 18.3. The van der Waals surface area contributed by atoms with Gasteiger partial charge in [0.1, 0.15) is 0 Å². The molecule has 98 valence electrons. The largest absolute Gasteiger partial charge is 0.358 e. The van der Waals surface area contributed by atoms with Crippen molar-refractivity contribution in [2.24, 2.45) is 0 Å². The highest BCUT2D eigenvalue weighted by molar-refractivity contribution is 5.96. The minimum Gasteiger partial charge on any atom is -0.358 e. The highest BCUT2D eigenvalue weighted by Gasteiger charge is 2.12. The smallest absolute Gasteiger partial charge is 0.185 e. The van der Waals surface area contributed by atoms with Crippen LogP contribution in [0, 0.1) is 18.4 Å². The third-order valence-corrected chi connectivity index (χ3v) is 3.29. The Morgan fingerprint density at radius 2 is 1.95 bits per heavy atom. The molecule has 0 fully saturated rings. The number of rotatable bonds is 2. The molecule has 0 aliphatic heterocycles. The molecule has 1 aromatic carbocycles. The van der Waals surface area contributed by atoms with Gasteiger partial charge in [0.05, 0.1) is 5.69 Å². The highest BCUT2D eigenvalue weighted by atomic mass is 15.2. The van der Waals surface area contributed by atoms with Crippen LogP contribution in [0.3, 0.4) is 0 Å². The Bertz CT molecular complexity index is 795. The lowest BCUT2D eigenvalue weighted by atomic mass is 10.1. The van der Waals surface area contributed by atoms with Crippen molar-refractivity contribution in [1.82, 2.24) is 15.2 Å². The summed E-state index contributed by atoms with van der Waals surface area (Å²) in [7, 11) is 1.65. The minimum atomic E-state index is 0.536. The van der Waals surface area contributed by atoms with Crippen LogP contribution < -0.4 is 4.90 Å². The molecule has 5 nitrogen and oxygen atoms in total. The lowest BCUT2D eigenvalue weighted by Gasteiger charge is -2.07. The average molecular weight is 263 g/mol. The van der Waals surface area contributed by atoms with E-state index in [2.05, 4.69) is 21.2 Å². The van der Waals surface area contributed by atoms with Gasteiger partial charge in [-0.15, -0.1) is 10.2 Å². The van der Waals surface area contributed by atoms with Crippen molar-refractivity contribution in [3.8, 4) is 17.5 Å². The average Bonchev–Trinajstić information content (AvgIpc) is 2.82. The molecule has 20 heavy (non-hydrogen) atoms. The first kappa shape index (κ1) is 12.2. The third kappa shape index (κ3) is 1.88. The highest BCUT2D eigenvalue weighted by Crippen LogP contribution is 2.30. The van der Waals surface area contributed by atoms with Crippen molar-refractivity contribution in [3.63, 3.8) is 0 Å². The maximum absolute atomic E-state index is 8.83. The van der Waals surface area contributed by atoms with Crippen LogP contribution in [-0.2, 0) is 0 Å². The molecular weight excluding hydrogens is 250 g/mol. The summed E-state index contributed by atoms with van der Waals surface area (Å²) >= 11 is 0. The van der Waals surface area contributed by atoms with Crippen LogP contribution in [0.5, 0.6) is 0 Å². The lowest BCUT2D eigenvalue weighted by Crippen LogP contribution is -2.10. The standard InChI is InChI=1S/C15H13N5/c1-10-15(11-5-3-4-6-12(11)17-10)13-7-8-14(19-18-13)20(2)9-16/h3-8,17H,1-2H3. The molecule has 5 heteroatoms. The Morgan fingerprint density at radius 3 is 2.65 bits per heavy atom. The number of hydrogen-bond donors (Lipinski definition) is 1. The Morgan fingerprint density at radius 1 is 1.15 bits per heavy atom. The fourth-order valence-corrected chi connectivity index (χ4v) is 2.30. The summed E-state index contributed by atoms with van der Waals surface area (Å²) in [6, 6.07) is 11.8. The van der Waals surface area contributed by atoms with Crippen molar-refractivity contribution in [2.45, 2.75) is 6.92 Å². The SMILES string of the molecule is Cc1[nH]c2ccccc2c1-c1ccc(N(C)C#N)nn1. The van der Waals surface area contributed by atoms with E-state index in [1.54, 1.807) is 13.1 Å². The summed E-state index contributed by atoms with van der Waals surface area (Å²) in [5.74, 6) is 0.536. The molecule has 0 radical (unpaired) electrons. The molecule has 2 aromatic heterocycles. The molecule has 0 aliphatic rings. The zero-order chi connectivity index (χ0) is 14.1. The molecule has 0 atom stereocenters. The zero-order valence-corrected chi connectivity index (χ0v) is 11.3. The van der Waals surface area contributed by atoms with Gasteiger partial charge >= 0.3 is 0 Å². The molecule has 3 rings (SSSR count). The van der Waals surface area contributed by atoms with E-state index in [4.69, 9.17) is 5.26 Å². The Hall–Kier alpha value is -2.87.